The van der Waals surface area contributed by atoms with Gasteiger partial charge in [-0.15, -0.1) is 0 Å². The second-order valence-electron chi connectivity index (χ2n) is 4.65. The molecule has 1 fully saturated rings. The lowest BCUT2D eigenvalue weighted by atomic mass is 10.1. The molecule has 1 aliphatic heterocycles. The molecule has 1 N–H and O–H groups in total. The van der Waals surface area contributed by atoms with E-state index in [0.29, 0.717) is 25.3 Å². The number of rotatable bonds is 3. The monoisotopic (exact) mass is 260 g/mol. The summed E-state index contributed by atoms with van der Waals surface area (Å²) in [4.78, 5) is 12.9. The predicted octanol–water partition coefficient (Wildman–Crippen LogP) is 1.55. The van der Waals surface area contributed by atoms with Gasteiger partial charge in [0.2, 0.25) is 0 Å². The maximum Gasteiger partial charge on any atom is 0.305 e. The van der Waals surface area contributed by atoms with E-state index in [1.54, 1.807) is 0 Å². The molecule has 100 valence electrons. The van der Waals surface area contributed by atoms with Gasteiger partial charge < -0.3 is 14.7 Å². The van der Waals surface area contributed by atoms with Gasteiger partial charge in [0.05, 0.1) is 36.9 Å². The average molecular weight is 260 g/mol. The van der Waals surface area contributed by atoms with Crippen molar-refractivity contribution >= 4 is 11.7 Å². The SMILES string of the molecule is Cc1ccc(N2CCOCC2CC(=O)O)c(C#N)c1. The van der Waals surface area contributed by atoms with E-state index < -0.39 is 5.97 Å². The smallest absolute Gasteiger partial charge is 0.305 e. The molecule has 0 bridgehead atoms. The van der Waals surface area contributed by atoms with Gasteiger partial charge >= 0.3 is 5.97 Å². The Bertz CT molecular complexity index is 522. The summed E-state index contributed by atoms with van der Waals surface area (Å²) in [7, 11) is 0. The molecule has 1 aromatic rings. The van der Waals surface area contributed by atoms with Crippen LogP contribution in [0.15, 0.2) is 18.2 Å². The summed E-state index contributed by atoms with van der Waals surface area (Å²) in [5, 5.41) is 18.2. The molecule has 19 heavy (non-hydrogen) atoms. The fraction of sp³-hybridized carbons (Fsp3) is 0.429. The normalized spacial score (nSPS) is 18.9. The first kappa shape index (κ1) is 13.4. The van der Waals surface area contributed by atoms with E-state index in [1.807, 2.05) is 30.0 Å². The van der Waals surface area contributed by atoms with Gasteiger partial charge in [-0.3, -0.25) is 4.79 Å². The van der Waals surface area contributed by atoms with Gasteiger partial charge in [-0.1, -0.05) is 6.07 Å². The minimum atomic E-state index is -0.855. The fourth-order valence-electron chi connectivity index (χ4n) is 2.33. The van der Waals surface area contributed by atoms with Crippen molar-refractivity contribution in [3.63, 3.8) is 0 Å². The molecule has 0 amide bonds. The lowest BCUT2D eigenvalue weighted by molar-refractivity contribution is -0.138. The number of aliphatic carboxylic acids is 1. The number of benzene rings is 1. The van der Waals surface area contributed by atoms with E-state index in [-0.39, 0.29) is 12.5 Å². The number of nitrogens with zero attached hydrogens (tertiary/aromatic N) is 2. The van der Waals surface area contributed by atoms with Crippen LogP contribution < -0.4 is 4.90 Å². The van der Waals surface area contributed by atoms with Crippen molar-refractivity contribution in [2.75, 3.05) is 24.7 Å². The highest BCUT2D eigenvalue weighted by atomic mass is 16.5. The molecule has 0 saturated carbocycles. The van der Waals surface area contributed by atoms with Gasteiger partial charge in [0.25, 0.3) is 0 Å². The zero-order valence-corrected chi connectivity index (χ0v) is 10.8. The number of anilines is 1. The lowest BCUT2D eigenvalue weighted by Crippen LogP contribution is -2.47. The number of aryl methyl sites for hydroxylation is 1. The molecule has 1 atom stereocenters. The van der Waals surface area contributed by atoms with Crippen LogP contribution in [-0.2, 0) is 9.53 Å². The Balaban J connectivity index is 2.32. The topological polar surface area (TPSA) is 73.6 Å². The molecule has 2 rings (SSSR count). The maximum atomic E-state index is 10.9. The molecule has 1 aromatic carbocycles. The number of hydrogen-bond acceptors (Lipinski definition) is 4. The van der Waals surface area contributed by atoms with E-state index in [4.69, 9.17) is 9.84 Å². The van der Waals surface area contributed by atoms with Crippen LogP contribution in [0.3, 0.4) is 0 Å². The third-order valence-corrected chi connectivity index (χ3v) is 3.22. The minimum absolute atomic E-state index is 0.0126. The number of carboxylic acids is 1. The molecule has 1 heterocycles. The van der Waals surface area contributed by atoms with Crippen LogP contribution in [0.5, 0.6) is 0 Å². The van der Waals surface area contributed by atoms with Crippen molar-refractivity contribution in [2.24, 2.45) is 0 Å². The van der Waals surface area contributed by atoms with Crippen LogP contribution in [0.1, 0.15) is 17.5 Å². The number of carboxylic acid groups (broad SMARTS) is 1. The largest absolute Gasteiger partial charge is 0.481 e. The van der Waals surface area contributed by atoms with Crippen LogP contribution >= 0.6 is 0 Å². The second kappa shape index (κ2) is 5.72. The van der Waals surface area contributed by atoms with Gasteiger partial charge in [0.15, 0.2) is 0 Å². The van der Waals surface area contributed by atoms with Gasteiger partial charge in [0, 0.05) is 6.54 Å². The summed E-state index contributed by atoms with van der Waals surface area (Å²) in [6, 6.07) is 7.60. The molecule has 1 aliphatic rings. The number of hydrogen-bond donors (Lipinski definition) is 1. The van der Waals surface area contributed by atoms with Crippen molar-refractivity contribution in [1.82, 2.24) is 0 Å². The van der Waals surface area contributed by atoms with Crippen molar-refractivity contribution in [3.05, 3.63) is 29.3 Å². The van der Waals surface area contributed by atoms with Crippen LogP contribution in [0.4, 0.5) is 5.69 Å². The number of morpholine rings is 1. The first-order valence-corrected chi connectivity index (χ1v) is 6.18. The van der Waals surface area contributed by atoms with Crippen molar-refractivity contribution < 1.29 is 14.6 Å². The first-order valence-electron chi connectivity index (χ1n) is 6.18. The van der Waals surface area contributed by atoms with Gasteiger partial charge in [-0.2, -0.15) is 5.26 Å². The van der Waals surface area contributed by atoms with Crippen LogP contribution in [0.25, 0.3) is 0 Å². The summed E-state index contributed by atoms with van der Waals surface area (Å²) < 4.78 is 5.34. The Kier molecular flexibility index (Phi) is 4.03. The lowest BCUT2D eigenvalue weighted by Gasteiger charge is -2.37. The molecule has 0 spiro atoms. The van der Waals surface area contributed by atoms with Gasteiger partial charge in [-0.05, 0) is 24.6 Å². The summed E-state index contributed by atoms with van der Waals surface area (Å²) in [6.07, 6.45) is 0.0126. The highest BCUT2D eigenvalue weighted by Gasteiger charge is 2.27. The van der Waals surface area contributed by atoms with Gasteiger partial charge in [-0.25, -0.2) is 0 Å². The van der Waals surface area contributed by atoms with E-state index in [1.165, 1.54) is 0 Å². The third kappa shape index (κ3) is 3.04. The van der Waals surface area contributed by atoms with Crippen molar-refractivity contribution in [3.8, 4) is 6.07 Å². The summed E-state index contributed by atoms with van der Waals surface area (Å²) in [5.74, 6) is -0.855. The minimum Gasteiger partial charge on any atom is -0.481 e. The predicted molar refractivity (Wildman–Crippen MR) is 70.1 cm³/mol. The number of nitriles is 1. The molecule has 1 saturated heterocycles. The fourth-order valence-corrected chi connectivity index (χ4v) is 2.33. The summed E-state index contributed by atoms with van der Waals surface area (Å²) in [6.45, 7) is 3.47. The average Bonchev–Trinajstić information content (AvgIpc) is 2.39. The Morgan fingerprint density at radius 2 is 2.42 bits per heavy atom. The van der Waals surface area contributed by atoms with Crippen molar-refractivity contribution in [1.29, 1.82) is 5.26 Å². The second-order valence-corrected chi connectivity index (χ2v) is 4.65. The third-order valence-electron chi connectivity index (χ3n) is 3.22. The Morgan fingerprint density at radius 3 is 3.11 bits per heavy atom. The molecule has 0 aromatic heterocycles. The van der Waals surface area contributed by atoms with E-state index in [2.05, 4.69) is 6.07 Å². The van der Waals surface area contributed by atoms with E-state index in [0.717, 1.165) is 11.3 Å². The quantitative estimate of drug-likeness (QED) is 0.892. The maximum absolute atomic E-state index is 10.9. The molecular formula is C14H16N2O3. The standard InChI is InChI=1S/C14H16N2O3/c1-10-2-3-13(11(6-10)8-15)16-4-5-19-9-12(16)7-14(17)18/h2-3,6,12H,4-5,7,9H2,1H3,(H,17,18). The Morgan fingerprint density at radius 1 is 1.63 bits per heavy atom. The molecule has 0 radical (unpaired) electrons. The first-order chi connectivity index (χ1) is 9.11. The Hall–Kier alpha value is -2.06. The number of carbonyl (C=O) groups is 1. The zero-order chi connectivity index (χ0) is 13.8. The van der Waals surface area contributed by atoms with Gasteiger partial charge in [0.1, 0.15) is 6.07 Å². The number of ether oxygens (including phenoxy) is 1. The molecule has 0 aliphatic carbocycles. The zero-order valence-electron chi connectivity index (χ0n) is 10.8. The van der Waals surface area contributed by atoms with Crippen LogP contribution in [0, 0.1) is 18.3 Å². The van der Waals surface area contributed by atoms with Crippen LogP contribution in [-0.4, -0.2) is 36.9 Å². The van der Waals surface area contributed by atoms with Crippen molar-refractivity contribution in [2.45, 2.75) is 19.4 Å². The molecule has 5 heteroatoms. The van der Waals surface area contributed by atoms with Crippen LogP contribution in [0.2, 0.25) is 0 Å². The molecule has 5 nitrogen and oxygen atoms in total. The van der Waals surface area contributed by atoms with E-state index >= 15 is 0 Å². The highest BCUT2D eigenvalue weighted by molar-refractivity contribution is 5.69. The molecular weight excluding hydrogens is 244 g/mol. The molecule has 1 unspecified atom stereocenters. The summed E-state index contributed by atoms with van der Waals surface area (Å²) >= 11 is 0. The summed E-state index contributed by atoms with van der Waals surface area (Å²) in [5.41, 5.74) is 2.39. The van der Waals surface area contributed by atoms with E-state index in [9.17, 15) is 10.1 Å². The Labute approximate surface area is 112 Å². The highest BCUT2D eigenvalue weighted by Crippen LogP contribution is 2.26.